The molecule has 0 unspecified atom stereocenters. The van der Waals surface area contributed by atoms with Gasteiger partial charge in [-0.3, -0.25) is 4.99 Å². The number of aromatic hydroxyl groups is 1. The van der Waals surface area contributed by atoms with Crippen LogP contribution in [0.25, 0.3) is 0 Å². The number of para-hydroxylation sites is 2. The molecule has 32 heavy (non-hydrogen) atoms. The lowest BCUT2D eigenvalue weighted by Crippen LogP contribution is -2.52. The van der Waals surface area contributed by atoms with Crippen molar-refractivity contribution in [1.82, 2.24) is 19.8 Å². The van der Waals surface area contributed by atoms with Crippen molar-refractivity contribution in [2.75, 3.05) is 38.1 Å². The summed E-state index contributed by atoms with van der Waals surface area (Å²) in [6.07, 6.45) is 3.85. The minimum Gasteiger partial charge on any atom is -0.506 e. The van der Waals surface area contributed by atoms with Gasteiger partial charge in [0.25, 0.3) is 0 Å². The van der Waals surface area contributed by atoms with Crippen molar-refractivity contribution in [3.8, 4) is 5.75 Å². The number of halogens is 1. The minimum absolute atomic E-state index is 0. The van der Waals surface area contributed by atoms with Crippen LogP contribution in [0.5, 0.6) is 5.75 Å². The molecule has 2 heterocycles. The Hall–Kier alpha value is -2.75. The van der Waals surface area contributed by atoms with E-state index in [1.165, 1.54) is 11.1 Å². The van der Waals surface area contributed by atoms with Crippen LogP contribution in [-0.2, 0) is 13.1 Å². The summed E-state index contributed by atoms with van der Waals surface area (Å²) in [5.74, 6) is 2.27. The van der Waals surface area contributed by atoms with E-state index in [2.05, 4.69) is 53.9 Å². The van der Waals surface area contributed by atoms with Crippen LogP contribution < -0.4 is 10.2 Å². The molecule has 170 valence electrons. The van der Waals surface area contributed by atoms with Crippen molar-refractivity contribution in [2.45, 2.75) is 20.0 Å². The van der Waals surface area contributed by atoms with Crippen molar-refractivity contribution in [1.29, 1.82) is 0 Å². The molecular weight excluding hydrogens is 515 g/mol. The van der Waals surface area contributed by atoms with Gasteiger partial charge in [0, 0.05) is 58.7 Å². The number of aromatic nitrogens is 2. The molecule has 0 aliphatic carbocycles. The van der Waals surface area contributed by atoms with E-state index in [1.807, 2.05) is 44.6 Å². The second kappa shape index (κ2) is 11.2. The first-order valence-corrected chi connectivity index (χ1v) is 10.7. The van der Waals surface area contributed by atoms with Gasteiger partial charge in [0.05, 0.1) is 5.69 Å². The monoisotopic (exact) mass is 546 g/mol. The minimum atomic E-state index is 0. The lowest BCUT2D eigenvalue weighted by atomic mass is 10.1. The van der Waals surface area contributed by atoms with Crippen LogP contribution in [0.1, 0.15) is 17.0 Å². The Bertz CT molecular complexity index is 1040. The first kappa shape index (κ1) is 23.9. The zero-order valence-electron chi connectivity index (χ0n) is 18.6. The van der Waals surface area contributed by atoms with Gasteiger partial charge in [-0.2, -0.15) is 0 Å². The van der Waals surface area contributed by atoms with Crippen LogP contribution in [-0.4, -0.2) is 58.7 Å². The highest BCUT2D eigenvalue weighted by atomic mass is 127. The van der Waals surface area contributed by atoms with E-state index in [4.69, 9.17) is 0 Å². The van der Waals surface area contributed by atoms with E-state index < -0.39 is 0 Å². The number of hydrogen-bond acceptors (Lipinski definition) is 4. The van der Waals surface area contributed by atoms with Crippen LogP contribution in [0.3, 0.4) is 0 Å². The summed E-state index contributed by atoms with van der Waals surface area (Å²) in [4.78, 5) is 13.3. The number of imidazole rings is 1. The summed E-state index contributed by atoms with van der Waals surface area (Å²) in [5.41, 5.74) is 3.38. The molecule has 0 saturated carbocycles. The molecule has 0 atom stereocenters. The number of anilines is 1. The van der Waals surface area contributed by atoms with Crippen LogP contribution in [0, 0.1) is 6.92 Å². The number of rotatable bonds is 5. The second-order valence-corrected chi connectivity index (χ2v) is 7.79. The van der Waals surface area contributed by atoms with Crippen LogP contribution in [0.2, 0.25) is 0 Å². The van der Waals surface area contributed by atoms with E-state index in [9.17, 15) is 5.11 Å². The SMILES string of the molecule is CN=C(NCc1cccc(Cn2ccnc2C)c1)N1CCN(c2ccccc2O)CC1.I. The van der Waals surface area contributed by atoms with Gasteiger partial charge in [-0.15, -0.1) is 24.0 Å². The molecule has 0 radical (unpaired) electrons. The summed E-state index contributed by atoms with van der Waals surface area (Å²) in [7, 11) is 1.83. The Morgan fingerprint density at radius 2 is 1.81 bits per heavy atom. The Balaban J connectivity index is 0.00000289. The number of nitrogens with zero attached hydrogens (tertiary/aromatic N) is 5. The predicted octanol–water partition coefficient (Wildman–Crippen LogP) is 3.46. The molecule has 0 spiro atoms. The fourth-order valence-electron chi connectivity index (χ4n) is 4.01. The third kappa shape index (κ3) is 5.73. The van der Waals surface area contributed by atoms with Gasteiger partial charge in [-0.05, 0) is 30.2 Å². The fraction of sp³-hybridized carbons (Fsp3) is 0.333. The Morgan fingerprint density at radius 3 is 2.50 bits per heavy atom. The molecule has 2 aromatic carbocycles. The summed E-state index contributed by atoms with van der Waals surface area (Å²) in [6.45, 7) is 6.97. The molecule has 1 fully saturated rings. The number of guanidine groups is 1. The number of phenols is 1. The molecule has 1 aliphatic rings. The molecule has 1 aliphatic heterocycles. The van der Waals surface area contributed by atoms with Gasteiger partial charge in [0.1, 0.15) is 11.6 Å². The molecule has 8 heteroatoms. The predicted molar refractivity (Wildman–Crippen MR) is 140 cm³/mol. The summed E-state index contributed by atoms with van der Waals surface area (Å²) in [5, 5.41) is 13.6. The number of phenolic OH excluding ortho intramolecular Hbond substituents is 1. The van der Waals surface area contributed by atoms with Crippen LogP contribution in [0.15, 0.2) is 65.9 Å². The number of piperazine rings is 1. The number of nitrogens with one attached hydrogen (secondary N) is 1. The van der Waals surface area contributed by atoms with Crippen LogP contribution in [0.4, 0.5) is 5.69 Å². The van der Waals surface area contributed by atoms with Gasteiger partial charge in [0.15, 0.2) is 5.96 Å². The van der Waals surface area contributed by atoms with E-state index >= 15 is 0 Å². The summed E-state index contributed by atoms with van der Waals surface area (Å²) < 4.78 is 2.15. The summed E-state index contributed by atoms with van der Waals surface area (Å²) >= 11 is 0. The van der Waals surface area contributed by atoms with E-state index in [0.717, 1.165) is 56.7 Å². The van der Waals surface area contributed by atoms with Gasteiger partial charge < -0.3 is 24.8 Å². The fourth-order valence-corrected chi connectivity index (χ4v) is 4.01. The number of aryl methyl sites for hydroxylation is 1. The molecule has 1 saturated heterocycles. The molecule has 2 N–H and O–H groups in total. The second-order valence-electron chi connectivity index (χ2n) is 7.79. The van der Waals surface area contributed by atoms with Crippen molar-refractivity contribution in [3.63, 3.8) is 0 Å². The smallest absolute Gasteiger partial charge is 0.194 e. The molecule has 4 rings (SSSR count). The molecular formula is C24H31IN6O. The lowest BCUT2D eigenvalue weighted by molar-refractivity contribution is 0.369. The maximum absolute atomic E-state index is 10.1. The molecule has 7 nitrogen and oxygen atoms in total. The van der Waals surface area contributed by atoms with Gasteiger partial charge >= 0.3 is 0 Å². The quantitative estimate of drug-likeness (QED) is 0.292. The molecule has 0 bridgehead atoms. The average molecular weight is 546 g/mol. The third-order valence-corrected chi connectivity index (χ3v) is 5.73. The molecule has 3 aromatic rings. The van der Waals surface area contributed by atoms with Gasteiger partial charge in [-0.25, -0.2) is 4.98 Å². The highest BCUT2D eigenvalue weighted by Crippen LogP contribution is 2.27. The average Bonchev–Trinajstić information content (AvgIpc) is 3.19. The van der Waals surface area contributed by atoms with E-state index in [-0.39, 0.29) is 24.0 Å². The zero-order valence-corrected chi connectivity index (χ0v) is 20.9. The first-order valence-electron chi connectivity index (χ1n) is 10.7. The maximum Gasteiger partial charge on any atom is 0.194 e. The molecule has 1 aromatic heterocycles. The Labute approximate surface area is 206 Å². The Morgan fingerprint density at radius 1 is 1.06 bits per heavy atom. The summed E-state index contributed by atoms with van der Waals surface area (Å²) in [6, 6.07) is 16.1. The molecule has 0 amide bonds. The van der Waals surface area contributed by atoms with Crippen molar-refractivity contribution < 1.29 is 5.11 Å². The van der Waals surface area contributed by atoms with Crippen LogP contribution >= 0.6 is 24.0 Å². The van der Waals surface area contributed by atoms with Crippen molar-refractivity contribution in [3.05, 3.63) is 77.9 Å². The first-order chi connectivity index (χ1) is 15.1. The van der Waals surface area contributed by atoms with Crippen molar-refractivity contribution in [2.24, 2.45) is 4.99 Å². The topological polar surface area (TPSA) is 68.9 Å². The van der Waals surface area contributed by atoms with Gasteiger partial charge in [0.2, 0.25) is 0 Å². The zero-order chi connectivity index (χ0) is 21.6. The highest BCUT2D eigenvalue weighted by Gasteiger charge is 2.21. The van der Waals surface area contributed by atoms with Crippen molar-refractivity contribution >= 4 is 35.6 Å². The Kier molecular flexibility index (Phi) is 8.38. The number of aliphatic imine (C=N–C) groups is 1. The number of benzene rings is 2. The third-order valence-electron chi connectivity index (χ3n) is 5.73. The van der Waals surface area contributed by atoms with E-state index in [0.29, 0.717) is 5.75 Å². The van der Waals surface area contributed by atoms with Gasteiger partial charge in [-0.1, -0.05) is 36.4 Å². The lowest BCUT2D eigenvalue weighted by Gasteiger charge is -2.37. The highest BCUT2D eigenvalue weighted by molar-refractivity contribution is 14.0. The largest absolute Gasteiger partial charge is 0.506 e. The number of hydrogen-bond donors (Lipinski definition) is 2. The van der Waals surface area contributed by atoms with E-state index in [1.54, 1.807) is 6.07 Å². The maximum atomic E-state index is 10.1. The normalized spacial score (nSPS) is 14.2. The standard InChI is InChI=1S/C24H30N6O.HI/c1-19-26-10-11-30(19)18-21-7-5-6-20(16-21)17-27-24(25-2)29-14-12-28(13-15-29)22-8-3-4-9-23(22)31;/h3-11,16,31H,12-15,17-18H2,1-2H3,(H,25,27);1H.